The third-order valence-electron chi connectivity index (χ3n) is 2.37. The van der Waals surface area contributed by atoms with E-state index in [1.54, 1.807) is 0 Å². The third kappa shape index (κ3) is 1.44. The minimum atomic E-state index is 0.705. The molecule has 1 aromatic rings. The molecule has 1 nitrogen and oxygen atoms in total. The molecule has 1 atom stereocenters. The molecule has 1 aliphatic rings. The van der Waals surface area contributed by atoms with Crippen molar-refractivity contribution in [1.29, 1.82) is 0 Å². The van der Waals surface area contributed by atoms with E-state index in [4.69, 9.17) is 5.73 Å². The second-order valence-electron chi connectivity index (χ2n) is 3.19. The molecular formula is C10H13NS. The molecule has 1 saturated heterocycles. The Kier molecular flexibility index (Phi) is 2.26. The molecule has 0 spiro atoms. The van der Waals surface area contributed by atoms with Gasteiger partial charge in [-0.15, -0.1) is 0 Å². The smallest absolute Gasteiger partial charge is 0.0349 e. The number of rotatable bonds is 1. The van der Waals surface area contributed by atoms with Crippen molar-refractivity contribution < 1.29 is 0 Å². The zero-order valence-corrected chi connectivity index (χ0v) is 7.81. The summed E-state index contributed by atoms with van der Waals surface area (Å²) >= 11 is 2.03. The molecule has 1 aromatic carbocycles. The van der Waals surface area contributed by atoms with E-state index >= 15 is 0 Å². The predicted molar refractivity (Wildman–Crippen MR) is 55.5 cm³/mol. The maximum Gasteiger partial charge on any atom is 0.0349 e. The Balaban J connectivity index is 2.26. The zero-order chi connectivity index (χ0) is 8.39. The SMILES string of the molecule is Nc1ccccc1C1CCSC1. The maximum absolute atomic E-state index is 5.89. The highest BCUT2D eigenvalue weighted by molar-refractivity contribution is 7.99. The molecule has 0 aromatic heterocycles. The van der Waals surface area contributed by atoms with E-state index < -0.39 is 0 Å². The Labute approximate surface area is 77.3 Å². The molecule has 0 aliphatic carbocycles. The van der Waals surface area contributed by atoms with E-state index in [1.807, 2.05) is 23.9 Å². The van der Waals surface area contributed by atoms with Crippen LogP contribution in [0.3, 0.4) is 0 Å². The Morgan fingerprint density at radius 1 is 1.33 bits per heavy atom. The number of thioether (sulfide) groups is 1. The van der Waals surface area contributed by atoms with Crippen LogP contribution in [0.2, 0.25) is 0 Å². The van der Waals surface area contributed by atoms with Crippen LogP contribution in [0, 0.1) is 0 Å². The number of benzene rings is 1. The highest BCUT2D eigenvalue weighted by Gasteiger charge is 2.18. The lowest BCUT2D eigenvalue weighted by molar-refractivity contribution is 0.785. The summed E-state index contributed by atoms with van der Waals surface area (Å²) in [5.41, 5.74) is 8.20. The summed E-state index contributed by atoms with van der Waals surface area (Å²) in [4.78, 5) is 0. The molecule has 2 heteroatoms. The minimum absolute atomic E-state index is 0.705. The van der Waals surface area contributed by atoms with Crippen LogP contribution in [0.15, 0.2) is 24.3 Å². The lowest BCUT2D eigenvalue weighted by Gasteiger charge is -2.10. The Morgan fingerprint density at radius 2 is 2.17 bits per heavy atom. The highest BCUT2D eigenvalue weighted by atomic mass is 32.2. The topological polar surface area (TPSA) is 26.0 Å². The summed E-state index contributed by atoms with van der Waals surface area (Å²) in [5.74, 6) is 3.24. The molecule has 1 unspecified atom stereocenters. The van der Waals surface area contributed by atoms with Crippen molar-refractivity contribution in [3.63, 3.8) is 0 Å². The maximum atomic E-state index is 5.89. The number of nitrogen functional groups attached to an aromatic ring is 1. The van der Waals surface area contributed by atoms with Gasteiger partial charge in [0.05, 0.1) is 0 Å². The number of anilines is 1. The normalized spacial score (nSPS) is 22.8. The van der Waals surface area contributed by atoms with Gasteiger partial charge < -0.3 is 5.73 Å². The van der Waals surface area contributed by atoms with E-state index in [1.165, 1.54) is 23.5 Å². The van der Waals surface area contributed by atoms with Gasteiger partial charge in [0.1, 0.15) is 0 Å². The van der Waals surface area contributed by atoms with Crippen molar-refractivity contribution in [3.8, 4) is 0 Å². The van der Waals surface area contributed by atoms with Crippen LogP contribution < -0.4 is 5.73 Å². The van der Waals surface area contributed by atoms with Crippen LogP contribution >= 0.6 is 11.8 Å². The molecule has 64 valence electrons. The largest absolute Gasteiger partial charge is 0.398 e. The summed E-state index contributed by atoms with van der Waals surface area (Å²) in [6.07, 6.45) is 1.29. The molecule has 0 amide bonds. The first-order valence-corrected chi connectivity index (χ1v) is 5.45. The molecule has 12 heavy (non-hydrogen) atoms. The first-order valence-electron chi connectivity index (χ1n) is 4.30. The fraction of sp³-hybridized carbons (Fsp3) is 0.400. The summed E-state index contributed by atoms with van der Waals surface area (Å²) in [6.45, 7) is 0. The molecule has 1 heterocycles. The minimum Gasteiger partial charge on any atom is -0.398 e. The average Bonchev–Trinajstić information content (AvgIpc) is 2.57. The monoisotopic (exact) mass is 179 g/mol. The average molecular weight is 179 g/mol. The van der Waals surface area contributed by atoms with Crippen LogP contribution in [0.4, 0.5) is 5.69 Å². The van der Waals surface area contributed by atoms with Gasteiger partial charge in [-0.05, 0) is 29.7 Å². The van der Waals surface area contributed by atoms with Crippen LogP contribution in [-0.2, 0) is 0 Å². The van der Waals surface area contributed by atoms with Crippen molar-refractivity contribution in [2.45, 2.75) is 12.3 Å². The van der Waals surface area contributed by atoms with Crippen LogP contribution in [0.5, 0.6) is 0 Å². The quantitative estimate of drug-likeness (QED) is 0.670. The molecule has 0 radical (unpaired) electrons. The van der Waals surface area contributed by atoms with Crippen molar-refractivity contribution >= 4 is 17.4 Å². The number of nitrogens with two attached hydrogens (primary N) is 1. The van der Waals surface area contributed by atoms with Crippen LogP contribution in [0.25, 0.3) is 0 Å². The lowest BCUT2D eigenvalue weighted by Crippen LogP contribution is -2.00. The Bertz CT molecular complexity index is 266. The van der Waals surface area contributed by atoms with Crippen molar-refractivity contribution in [2.75, 3.05) is 17.2 Å². The van der Waals surface area contributed by atoms with Gasteiger partial charge in [-0.25, -0.2) is 0 Å². The lowest BCUT2D eigenvalue weighted by atomic mass is 9.97. The number of hydrogen-bond acceptors (Lipinski definition) is 2. The fourth-order valence-corrected chi connectivity index (χ4v) is 2.91. The highest BCUT2D eigenvalue weighted by Crippen LogP contribution is 2.34. The van der Waals surface area contributed by atoms with Gasteiger partial charge in [0.15, 0.2) is 0 Å². The molecule has 0 bridgehead atoms. The number of para-hydroxylation sites is 1. The van der Waals surface area contributed by atoms with Gasteiger partial charge in [-0.1, -0.05) is 18.2 Å². The summed E-state index contributed by atoms with van der Waals surface area (Å²) in [7, 11) is 0. The van der Waals surface area contributed by atoms with E-state index in [0.717, 1.165) is 5.69 Å². The second-order valence-corrected chi connectivity index (χ2v) is 4.34. The standard InChI is InChI=1S/C10H13NS/c11-10-4-2-1-3-9(10)8-5-6-12-7-8/h1-4,8H,5-7,11H2. The second kappa shape index (κ2) is 3.40. The molecule has 0 saturated carbocycles. The van der Waals surface area contributed by atoms with Crippen molar-refractivity contribution in [2.24, 2.45) is 0 Å². The van der Waals surface area contributed by atoms with Gasteiger partial charge in [0.2, 0.25) is 0 Å². The summed E-state index contributed by atoms with van der Waals surface area (Å²) in [5, 5.41) is 0. The third-order valence-corrected chi connectivity index (χ3v) is 3.53. The molecular weight excluding hydrogens is 166 g/mol. The van der Waals surface area contributed by atoms with Gasteiger partial charge in [0, 0.05) is 11.4 Å². The van der Waals surface area contributed by atoms with E-state index in [-0.39, 0.29) is 0 Å². The predicted octanol–water partition coefficient (Wildman–Crippen LogP) is 2.49. The fourth-order valence-electron chi connectivity index (χ4n) is 1.66. The van der Waals surface area contributed by atoms with E-state index in [0.29, 0.717) is 5.92 Å². The Morgan fingerprint density at radius 3 is 2.83 bits per heavy atom. The molecule has 2 rings (SSSR count). The van der Waals surface area contributed by atoms with E-state index in [9.17, 15) is 0 Å². The van der Waals surface area contributed by atoms with E-state index in [2.05, 4.69) is 12.1 Å². The summed E-state index contributed by atoms with van der Waals surface area (Å²) in [6, 6.07) is 8.24. The zero-order valence-electron chi connectivity index (χ0n) is 6.99. The van der Waals surface area contributed by atoms with Gasteiger partial charge in [-0.3, -0.25) is 0 Å². The first-order chi connectivity index (χ1) is 5.88. The summed E-state index contributed by atoms with van der Waals surface area (Å²) < 4.78 is 0. The van der Waals surface area contributed by atoms with Crippen molar-refractivity contribution in [1.82, 2.24) is 0 Å². The molecule has 1 fully saturated rings. The van der Waals surface area contributed by atoms with Crippen molar-refractivity contribution in [3.05, 3.63) is 29.8 Å². The van der Waals surface area contributed by atoms with Gasteiger partial charge in [-0.2, -0.15) is 11.8 Å². The molecule has 2 N–H and O–H groups in total. The van der Waals surface area contributed by atoms with Gasteiger partial charge >= 0.3 is 0 Å². The van der Waals surface area contributed by atoms with Gasteiger partial charge in [0.25, 0.3) is 0 Å². The number of hydrogen-bond donors (Lipinski definition) is 1. The molecule has 1 aliphatic heterocycles. The first kappa shape index (κ1) is 7.99. The Hall–Kier alpha value is -0.630. The van der Waals surface area contributed by atoms with Crippen LogP contribution in [-0.4, -0.2) is 11.5 Å². The van der Waals surface area contributed by atoms with Crippen LogP contribution in [0.1, 0.15) is 17.9 Å².